The fourth-order valence-corrected chi connectivity index (χ4v) is 1.61. The molecule has 1 atom stereocenters. The number of aromatic nitrogens is 3. The zero-order valence-corrected chi connectivity index (χ0v) is 13.2. The topological polar surface area (TPSA) is 96.2 Å². The van der Waals surface area contributed by atoms with Crippen molar-refractivity contribution >= 4 is 11.9 Å². The van der Waals surface area contributed by atoms with Crippen LogP contribution < -0.4 is 16.0 Å². The van der Waals surface area contributed by atoms with Gasteiger partial charge in [-0.1, -0.05) is 6.92 Å². The summed E-state index contributed by atoms with van der Waals surface area (Å²) in [5.41, 5.74) is 0. The van der Waals surface area contributed by atoms with Gasteiger partial charge >= 0.3 is 0 Å². The number of hydrogen-bond donors (Lipinski definition) is 3. The van der Waals surface area contributed by atoms with Crippen molar-refractivity contribution in [1.82, 2.24) is 30.7 Å². The van der Waals surface area contributed by atoms with Crippen molar-refractivity contribution in [3.8, 4) is 0 Å². The van der Waals surface area contributed by atoms with Crippen molar-refractivity contribution in [3.63, 3.8) is 0 Å². The largest absolute Gasteiger partial charge is 0.356 e. The van der Waals surface area contributed by atoms with E-state index in [1.807, 2.05) is 20.9 Å². The van der Waals surface area contributed by atoms with Gasteiger partial charge in [0.25, 0.3) is 0 Å². The molecule has 8 nitrogen and oxygen atoms in total. The van der Waals surface area contributed by atoms with Gasteiger partial charge in [0, 0.05) is 33.1 Å². The molecule has 1 amide bonds. The Balaban J connectivity index is 2.26. The maximum absolute atomic E-state index is 11.6. The number of amides is 1. The summed E-state index contributed by atoms with van der Waals surface area (Å²) in [6, 6.07) is 0.214. The van der Waals surface area contributed by atoms with Gasteiger partial charge in [-0.2, -0.15) is 5.10 Å². The molecule has 0 saturated heterocycles. The Morgan fingerprint density at radius 3 is 2.81 bits per heavy atom. The lowest BCUT2D eigenvalue weighted by Crippen LogP contribution is -2.40. The van der Waals surface area contributed by atoms with E-state index in [0.717, 1.165) is 12.2 Å². The minimum absolute atomic E-state index is 0.0422. The van der Waals surface area contributed by atoms with E-state index in [1.165, 1.54) is 6.33 Å². The van der Waals surface area contributed by atoms with E-state index in [4.69, 9.17) is 0 Å². The van der Waals surface area contributed by atoms with E-state index in [0.29, 0.717) is 25.5 Å². The van der Waals surface area contributed by atoms with Crippen molar-refractivity contribution < 1.29 is 4.79 Å². The summed E-state index contributed by atoms with van der Waals surface area (Å²) in [7, 11) is 3.52. The number of guanidine groups is 1. The molecule has 1 aromatic rings. The van der Waals surface area contributed by atoms with Gasteiger partial charge < -0.3 is 16.0 Å². The maximum Gasteiger partial charge on any atom is 0.221 e. The first kappa shape index (κ1) is 16.9. The van der Waals surface area contributed by atoms with E-state index in [-0.39, 0.29) is 11.9 Å². The minimum Gasteiger partial charge on any atom is -0.356 e. The summed E-state index contributed by atoms with van der Waals surface area (Å²) in [6.07, 6.45) is 2.85. The molecule has 1 unspecified atom stereocenters. The molecular weight excluding hydrogens is 270 g/mol. The standard InChI is InChI=1S/C13H25N7O/c1-5-10(2)19-12(21)6-7-15-13(14-3)16-8-11-17-9-18-20(11)4/h9-10H,5-8H2,1-4H3,(H,19,21)(H2,14,15,16). The molecule has 8 heteroatoms. The van der Waals surface area contributed by atoms with Crippen LogP contribution in [0.2, 0.25) is 0 Å². The van der Waals surface area contributed by atoms with E-state index in [9.17, 15) is 4.79 Å². The van der Waals surface area contributed by atoms with Gasteiger partial charge in [0.05, 0.1) is 6.54 Å². The second-order valence-electron chi connectivity index (χ2n) is 4.78. The van der Waals surface area contributed by atoms with Crippen molar-refractivity contribution in [1.29, 1.82) is 0 Å². The van der Waals surface area contributed by atoms with Gasteiger partial charge in [-0.25, -0.2) is 4.98 Å². The van der Waals surface area contributed by atoms with Crippen LogP contribution in [0.25, 0.3) is 0 Å². The first-order valence-corrected chi connectivity index (χ1v) is 7.13. The number of hydrogen-bond acceptors (Lipinski definition) is 4. The monoisotopic (exact) mass is 295 g/mol. The molecule has 0 aliphatic rings. The molecule has 1 rings (SSSR count). The summed E-state index contributed by atoms with van der Waals surface area (Å²) in [5, 5.41) is 13.1. The maximum atomic E-state index is 11.6. The van der Waals surface area contributed by atoms with Crippen LogP contribution in [0.3, 0.4) is 0 Å². The van der Waals surface area contributed by atoms with Crippen LogP contribution in [0, 0.1) is 0 Å². The number of aryl methyl sites for hydroxylation is 1. The van der Waals surface area contributed by atoms with Crippen LogP contribution in [0.1, 0.15) is 32.5 Å². The normalized spacial score (nSPS) is 12.9. The summed E-state index contributed by atoms with van der Waals surface area (Å²) in [5.74, 6) is 1.49. The summed E-state index contributed by atoms with van der Waals surface area (Å²) < 4.78 is 1.69. The Bertz CT molecular complexity index is 469. The van der Waals surface area contributed by atoms with Crippen molar-refractivity contribution in [2.75, 3.05) is 13.6 Å². The van der Waals surface area contributed by atoms with E-state index in [2.05, 4.69) is 31.0 Å². The number of nitrogens with one attached hydrogen (secondary N) is 3. The summed E-state index contributed by atoms with van der Waals surface area (Å²) in [6.45, 7) is 5.09. The van der Waals surface area contributed by atoms with Crippen molar-refractivity contribution in [2.45, 2.75) is 39.3 Å². The molecule has 0 aliphatic heterocycles. The molecule has 1 heterocycles. The van der Waals surface area contributed by atoms with E-state index < -0.39 is 0 Å². The average molecular weight is 295 g/mol. The Hall–Kier alpha value is -2.12. The van der Waals surface area contributed by atoms with Gasteiger partial charge in [-0.3, -0.25) is 14.5 Å². The lowest BCUT2D eigenvalue weighted by molar-refractivity contribution is -0.121. The molecule has 118 valence electrons. The molecule has 0 aliphatic carbocycles. The van der Waals surface area contributed by atoms with Crippen LogP contribution in [0.5, 0.6) is 0 Å². The fourth-order valence-electron chi connectivity index (χ4n) is 1.61. The smallest absolute Gasteiger partial charge is 0.221 e. The van der Waals surface area contributed by atoms with Crippen LogP contribution in [0.4, 0.5) is 0 Å². The molecule has 0 spiro atoms. The second-order valence-corrected chi connectivity index (χ2v) is 4.78. The molecule has 0 bridgehead atoms. The molecule has 1 aromatic heterocycles. The molecule has 0 fully saturated rings. The molecule has 0 aromatic carbocycles. The van der Waals surface area contributed by atoms with Crippen LogP contribution in [-0.4, -0.2) is 46.3 Å². The Morgan fingerprint density at radius 2 is 2.24 bits per heavy atom. The molecule has 21 heavy (non-hydrogen) atoms. The third-order valence-corrected chi connectivity index (χ3v) is 3.11. The predicted octanol–water partition coefficient (Wildman–Crippen LogP) is -0.215. The minimum atomic E-state index is 0.0422. The molecular formula is C13H25N7O. The first-order valence-electron chi connectivity index (χ1n) is 7.13. The molecule has 0 saturated carbocycles. The third-order valence-electron chi connectivity index (χ3n) is 3.11. The van der Waals surface area contributed by atoms with Crippen LogP contribution in [-0.2, 0) is 18.4 Å². The SMILES string of the molecule is CCC(C)NC(=O)CCNC(=NC)NCc1ncnn1C. The number of nitrogens with zero attached hydrogens (tertiary/aromatic N) is 4. The van der Waals surface area contributed by atoms with E-state index in [1.54, 1.807) is 11.7 Å². The summed E-state index contributed by atoms with van der Waals surface area (Å²) in [4.78, 5) is 19.8. The highest BCUT2D eigenvalue weighted by atomic mass is 16.1. The highest BCUT2D eigenvalue weighted by Crippen LogP contribution is 1.90. The number of carbonyl (C=O) groups is 1. The zero-order valence-electron chi connectivity index (χ0n) is 13.2. The molecule has 0 radical (unpaired) electrons. The van der Waals surface area contributed by atoms with E-state index >= 15 is 0 Å². The van der Waals surface area contributed by atoms with Crippen molar-refractivity contribution in [3.05, 3.63) is 12.2 Å². The number of aliphatic imine (C=N–C) groups is 1. The van der Waals surface area contributed by atoms with Gasteiger partial charge in [-0.15, -0.1) is 0 Å². The third kappa shape index (κ3) is 6.24. The fraction of sp³-hybridized carbons (Fsp3) is 0.692. The second kappa shape index (κ2) is 8.93. The Labute approximate surface area is 125 Å². The number of rotatable bonds is 7. The van der Waals surface area contributed by atoms with Crippen LogP contribution in [0.15, 0.2) is 11.3 Å². The van der Waals surface area contributed by atoms with Gasteiger partial charge in [0.2, 0.25) is 5.91 Å². The first-order chi connectivity index (χ1) is 10.1. The Morgan fingerprint density at radius 1 is 1.48 bits per heavy atom. The quantitative estimate of drug-likeness (QED) is 0.477. The summed E-state index contributed by atoms with van der Waals surface area (Å²) >= 11 is 0. The highest BCUT2D eigenvalue weighted by Gasteiger charge is 2.06. The van der Waals surface area contributed by atoms with Crippen molar-refractivity contribution in [2.24, 2.45) is 12.0 Å². The van der Waals surface area contributed by atoms with Gasteiger partial charge in [0.15, 0.2) is 5.96 Å². The zero-order chi connectivity index (χ0) is 15.7. The average Bonchev–Trinajstić information content (AvgIpc) is 2.87. The van der Waals surface area contributed by atoms with Gasteiger partial charge in [-0.05, 0) is 13.3 Å². The predicted molar refractivity (Wildman–Crippen MR) is 81.7 cm³/mol. The lowest BCUT2D eigenvalue weighted by atomic mass is 10.2. The highest BCUT2D eigenvalue weighted by molar-refractivity contribution is 5.81. The lowest BCUT2D eigenvalue weighted by Gasteiger charge is -2.13. The van der Waals surface area contributed by atoms with Crippen LogP contribution >= 0.6 is 0 Å². The Kier molecular flexibility index (Phi) is 7.20. The van der Waals surface area contributed by atoms with Gasteiger partial charge in [0.1, 0.15) is 12.2 Å². The number of carbonyl (C=O) groups excluding carboxylic acids is 1. The molecule has 3 N–H and O–H groups in total.